The van der Waals surface area contributed by atoms with Crippen molar-refractivity contribution in [3.63, 3.8) is 0 Å². The highest BCUT2D eigenvalue weighted by Gasteiger charge is 2.36. The standard InChI is InChI=1S/C16H14O3/c1-11-10-16(18,13-7-3-4-8-14(13)17)19-15-9-5-2-6-12(11)15/h2-10,17-18H,1H3. The Labute approximate surface area is 111 Å². The lowest BCUT2D eigenvalue weighted by Crippen LogP contribution is -2.33. The van der Waals surface area contributed by atoms with Crippen molar-refractivity contribution >= 4 is 5.57 Å². The van der Waals surface area contributed by atoms with Crippen molar-refractivity contribution in [2.24, 2.45) is 0 Å². The van der Waals surface area contributed by atoms with Crippen molar-refractivity contribution in [1.82, 2.24) is 0 Å². The lowest BCUT2D eigenvalue weighted by molar-refractivity contribution is -0.104. The van der Waals surface area contributed by atoms with E-state index >= 15 is 0 Å². The molecule has 1 aliphatic rings. The zero-order valence-corrected chi connectivity index (χ0v) is 10.5. The summed E-state index contributed by atoms with van der Waals surface area (Å²) in [7, 11) is 0. The van der Waals surface area contributed by atoms with Gasteiger partial charge in [-0.05, 0) is 36.8 Å². The monoisotopic (exact) mass is 254 g/mol. The van der Waals surface area contributed by atoms with E-state index in [2.05, 4.69) is 0 Å². The second kappa shape index (κ2) is 4.14. The first kappa shape index (κ1) is 11.8. The first-order valence-corrected chi connectivity index (χ1v) is 6.09. The average molecular weight is 254 g/mol. The van der Waals surface area contributed by atoms with Crippen molar-refractivity contribution < 1.29 is 14.9 Å². The molecule has 19 heavy (non-hydrogen) atoms. The summed E-state index contributed by atoms with van der Waals surface area (Å²) in [4.78, 5) is 0. The van der Waals surface area contributed by atoms with Gasteiger partial charge in [-0.15, -0.1) is 0 Å². The zero-order chi connectivity index (χ0) is 13.5. The van der Waals surface area contributed by atoms with Crippen molar-refractivity contribution in [1.29, 1.82) is 0 Å². The molecular formula is C16H14O3. The third-order valence-electron chi connectivity index (χ3n) is 3.28. The van der Waals surface area contributed by atoms with Crippen LogP contribution in [0.3, 0.4) is 0 Å². The molecule has 2 N–H and O–H groups in total. The maximum Gasteiger partial charge on any atom is 0.259 e. The smallest absolute Gasteiger partial charge is 0.259 e. The number of hydrogen-bond donors (Lipinski definition) is 2. The number of aromatic hydroxyl groups is 1. The molecule has 2 aromatic carbocycles. The van der Waals surface area contributed by atoms with Crippen LogP contribution in [0.25, 0.3) is 5.57 Å². The van der Waals surface area contributed by atoms with Crippen LogP contribution in [-0.4, -0.2) is 10.2 Å². The Morgan fingerprint density at radius 1 is 1.00 bits per heavy atom. The zero-order valence-electron chi connectivity index (χ0n) is 10.5. The van der Waals surface area contributed by atoms with Crippen LogP contribution in [-0.2, 0) is 5.79 Å². The topological polar surface area (TPSA) is 49.7 Å². The van der Waals surface area contributed by atoms with Crippen LogP contribution in [0, 0.1) is 0 Å². The van der Waals surface area contributed by atoms with Gasteiger partial charge in [0, 0.05) is 5.56 Å². The van der Waals surface area contributed by atoms with Crippen LogP contribution in [0.5, 0.6) is 11.5 Å². The lowest BCUT2D eigenvalue weighted by atomic mass is 9.95. The number of phenolic OH excluding ortho intramolecular Hbond substituents is 1. The molecule has 1 heterocycles. The van der Waals surface area contributed by atoms with Gasteiger partial charge < -0.3 is 14.9 Å². The van der Waals surface area contributed by atoms with E-state index in [1.54, 1.807) is 30.3 Å². The molecule has 0 aromatic heterocycles. The highest BCUT2D eigenvalue weighted by Crippen LogP contribution is 2.41. The summed E-state index contributed by atoms with van der Waals surface area (Å²) in [6.07, 6.45) is 1.62. The quantitative estimate of drug-likeness (QED) is 0.822. The summed E-state index contributed by atoms with van der Waals surface area (Å²) in [6.45, 7) is 1.91. The first-order valence-electron chi connectivity index (χ1n) is 6.09. The number of benzene rings is 2. The van der Waals surface area contributed by atoms with Gasteiger partial charge in [0.1, 0.15) is 11.5 Å². The molecule has 0 bridgehead atoms. The fourth-order valence-corrected chi connectivity index (χ4v) is 2.36. The molecule has 0 spiro atoms. The van der Waals surface area contributed by atoms with Gasteiger partial charge in [0.15, 0.2) is 0 Å². The molecule has 0 fully saturated rings. The number of aliphatic hydroxyl groups is 1. The van der Waals surface area contributed by atoms with E-state index in [0.29, 0.717) is 11.3 Å². The van der Waals surface area contributed by atoms with E-state index in [1.807, 2.05) is 25.1 Å². The maximum atomic E-state index is 10.7. The van der Waals surface area contributed by atoms with Crippen LogP contribution in [0.4, 0.5) is 0 Å². The second-order valence-corrected chi connectivity index (χ2v) is 4.64. The van der Waals surface area contributed by atoms with Crippen LogP contribution in [0.1, 0.15) is 18.1 Å². The summed E-state index contributed by atoms with van der Waals surface area (Å²) in [5, 5.41) is 20.6. The van der Waals surface area contributed by atoms with E-state index in [4.69, 9.17) is 4.74 Å². The lowest BCUT2D eigenvalue weighted by Gasteiger charge is -2.32. The molecule has 0 amide bonds. The molecule has 3 nitrogen and oxygen atoms in total. The number of allylic oxidation sites excluding steroid dienone is 1. The molecule has 0 saturated heterocycles. The third kappa shape index (κ3) is 1.88. The normalized spacial score (nSPS) is 21.3. The number of ether oxygens (including phenoxy) is 1. The fourth-order valence-electron chi connectivity index (χ4n) is 2.36. The van der Waals surface area contributed by atoms with Crippen molar-refractivity contribution in [3.05, 3.63) is 65.7 Å². The van der Waals surface area contributed by atoms with Gasteiger partial charge in [-0.25, -0.2) is 0 Å². The van der Waals surface area contributed by atoms with Crippen molar-refractivity contribution in [2.45, 2.75) is 12.7 Å². The van der Waals surface area contributed by atoms with E-state index in [-0.39, 0.29) is 5.75 Å². The number of phenols is 1. The molecule has 0 saturated carbocycles. The highest BCUT2D eigenvalue weighted by molar-refractivity contribution is 5.72. The number of rotatable bonds is 1. The van der Waals surface area contributed by atoms with Crippen LogP contribution >= 0.6 is 0 Å². The summed E-state index contributed by atoms with van der Waals surface area (Å²) in [5.74, 6) is -1.02. The van der Waals surface area contributed by atoms with Gasteiger partial charge >= 0.3 is 0 Å². The Balaban J connectivity index is 2.14. The van der Waals surface area contributed by atoms with Crippen molar-refractivity contribution in [3.8, 4) is 11.5 Å². The summed E-state index contributed by atoms with van der Waals surface area (Å²) < 4.78 is 5.68. The molecule has 3 rings (SSSR count). The minimum Gasteiger partial charge on any atom is -0.507 e. The third-order valence-corrected chi connectivity index (χ3v) is 3.28. The van der Waals surface area contributed by atoms with Crippen molar-refractivity contribution in [2.75, 3.05) is 0 Å². The van der Waals surface area contributed by atoms with Gasteiger partial charge in [0.2, 0.25) is 0 Å². The summed E-state index contributed by atoms with van der Waals surface area (Å²) >= 11 is 0. The first-order chi connectivity index (χ1) is 9.10. The Kier molecular flexibility index (Phi) is 2.57. The Morgan fingerprint density at radius 3 is 2.47 bits per heavy atom. The minimum atomic E-state index is -1.64. The Hall–Kier alpha value is -2.26. The molecule has 96 valence electrons. The Morgan fingerprint density at radius 2 is 1.68 bits per heavy atom. The van der Waals surface area contributed by atoms with Crippen LogP contribution < -0.4 is 4.74 Å². The van der Waals surface area contributed by atoms with Crippen LogP contribution in [0.2, 0.25) is 0 Å². The molecular weight excluding hydrogens is 240 g/mol. The molecule has 1 atom stereocenters. The van der Waals surface area contributed by atoms with Gasteiger partial charge in [0.25, 0.3) is 5.79 Å². The molecule has 0 aliphatic carbocycles. The summed E-state index contributed by atoms with van der Waals surface area (Å²) in [6, 6.07) is 14.1. The number of fused-ring (bicyclic) bond motifs is 1. The SMILES string of the molecule is CC1=CC(O)(c2ccccc2O)Oc2ccccc21. The molecule has 3 heteroatoms. The van der Waals surface area contributed by atoms with E-state index < -0.39 is 5.79 Å². The average Bonchev–Trinajstić information content (AvgIpc) is 2.39. The molecule has 1 unspecified atom stereocenters. The predicted molar refractivity (Wildman–Crippen MR) is 72.7 cm³/mol. The van der Waals surface area contributed by atoms with E-state index in [0.717, 1.165) is 11.1 Å². The van der Waals surface area contributed by atoms with Gasteiger partial charge in [-0.1, -0.05) is 30.3 Å². The maximum absolute atomic E-state index is 10.7. The highest BCUT2D eigenvalue weighted by atomic mass is 16.6. The summed E-state index contributed by atoms with van der Waals surface area (Å²) in [5.41, 5.74) is 2.19. The number of hydrogen-bond acceptors (Lipinski definition) is 3. The van der Waals surface area contributed by atoms with Crippen LogP contribution in [0.15, 0.2) is 54.6 Å². The Bertz CT molecular complexity index is 661. The molecule has 0 radical (unpaired) electrons. The molecule has 1 aliphatic heterocycles. The second-order valence-electron chi connectivity index (χ2n) is 4.64. The molecule has 2 aromatic rings. The van der Waals surface area contributed by atoms with E-state index in [1.165, 1.54) is 6.07 Å². The van der Waals surface area contributed by atoms with Gasteiger partial charge in [0.05, 0.1) is 5.56 Å². The van der Waals surface area contributed by atoms with Gasteiger partial charge in [-0.2, -0.15) is 0 Å². The number of para-hydroxylation sites is 2. The predicted octanol–water partition coefficient (Wildman–Crippen LogP) is 3.03. The van der Waals surface area contributed by atoms with E-state index in [9.17, 15) is 10.2 Å². The largest absolute Gasteiger partial charge is 0.507 e. The fraction of sp³-hybridized carbons (Fsp3) is 0.125. The van der Waals surface area contributed by atoms with Gasteiger partial charge in [-0.3, -0.25) is 0 Å². The minimum absolute atomic E-state index is 0.00781.